The molecule has 1 aromatic heterocycles. The molecular formula is C12H13BrFN3O2S2. The molecule has 3 N–H and O–H groups in total. The Labute approximate surface area is 134 Å². The zero-order valence-corrected chi connectivity index (χ0v) is 14.3. The molecule has 0 aliphatic heterocycles. The van der Waals surface area contributed by atoms with Gasteiger partial charge < -0.3 is 5.73 Å². The van der Waals surface area contributed by atoms with Crippen LogP contribution in [0.2, 0.25) is 0 Å². The lowest BCUT2D eigenvalue weighted by Crippen LogP contribution is -2.25. The fraction of sp³-hybridized carbons (Fsp3) is 0.250. The molecule has 2 rings (SSSR count). The van der Waals surface area contributed by atoms with Crippen molar-refractivity contribution in [3.8, 4) is 0 Å². The van der Waals surface area contributed by atoms with Gasteiger partial charge in [0.05, 0.1) is 17.2 Å². The Morgan fingerprint density at radius 2 is 2.19 bits per heavy atom. The summed E-state index contributed by atoms with van der Waals surface area (Å²) < 4.78 is 41.4. The minimum atomic E-state index is -3.98. The normalized spacial score (nSPS) is 11.8. The van der Waals surface area contributed by atoms with Crippen molar-refractivity contribution in [2.24, 2.45) is 5.73 Å². The van der Waals surface area contributed by atoms with Crippen molar-refractivity contribution < 1.29 is 12.8 Å². The maximum absolute atomic E-state index is 14.1. The van der Waals surface area contributed by atoms with E-state index in [1.165, 1.54) is 23.5 Å². The summed E-state index contributed by atoms with van der Waals surface area (Å²) in [5, 5.41) is 2.59. The summed E-state index contributed by atoms with van der Waals surface area (Å²) in [5.74, 6) is -0.831. The highest BCUT2D eigenvalue weighted by molar-refractivity contribution is 9.10. The van der Waals surface area contributed by atoms with E-state index in [1.54, 1.807) is 5.38 Å². The Morgan fingerprint density at radius 3 is 2.76 bits per heavy atom. The van der Waals surface area contributed by atoms with Crippen molar-refractivity contribution in [1.29, 1.82) is 0 Å². The van der Waals surface area contributed by atoms with E-state index in [2.05, 4.69) is 25.6 Å². The van der Waals surface area contributed by atoms with E-state index in [4.69, 9.17) is 5.73 Å². The Kier molecular flexibility index (Phi) is 5.10. The summed E-state index contributed by atoms with van der Waals surface area (Å²) in [6.07, 6.45) is 0. The average molecular weight is 394 g/mol. The highest BCUT2D eigenvalue weighted by atomic mass is 79.9. The number of hydrogen-bond donors (Lipinski definition) is 2. The van der Waals surface area contributed by atoms with Gasteiger partial charge in [-0.2, -0.15) is 0 Å². The Hall–Kier alpha value is -0.870. The van der Waals surface area contributed by atoms with Crippen LogP contribution in [0, 0.1) is 12.7 Å². The highest BCUT2D eigenvalue weighted by Crippen LogP contribution is 2.24. The van der Waals surface area contributed by atoms with Crippen molar-refractivity contribution in [3.63, 3.8) is 0 Å². The number of sulfonamides is 1. The fourth-order valence-corrected chi connectivity index (χ4v) is 4.11. The number of benzene rings is 1. The van der Waals surface area contributed by atoms with Crippen molar-refractivity contribution in [2.75, 3.05) is 0 Å². The number of aromatic nitrogens is 1. The van der Waals surface area contributed by atoms with E-state index < -0.39 is 20.7 Å². The van der Waals surface area contributed by atoms with Gasteiger partial charge in [0.2, 0.25) is 10.0 Å². The zero-order valence-electron chi connectivity index (χ0n) is 11.1. The molecule has 9 heteroatoms. The highest BCUT2D eigenvalue weighted by Gasteiger charge is 2.22. The zero-order chi connectivity index (χ0) is 15.6. The molecule has 114 valence electrons. The number of nitrogens with zero attached hydrogens (tertiary/aromatic N) is 1. The van der Waals surface area contributed by atoms with Crippen molar-refractivity contribution >= 4 is 37.3 Å². The van der Waals surface area contributed by atoms with E-state index in [0.29, 0.717) is 10.2 Å². The first-order valence-corrected chi connectivity index (χ1v) is 9.07. The SMILES string of the molecule is Cc1nc(CNS(=O)(=O)c2cc(Br)cc(CN)c2F)cs1. The summed E-state index contributed by atoms with van der Waals surface area (Å²) in [7, 11) is -3.98. The van der Waals surface area contributed by atoms with Gasteiger partial charge in [0.25, 0.3) is 0 Å². The van der Waals surface area contributed by atoms with Crippen LogP contribution in [-0.4, -0.2) is 13.4 Å². The third-order valence-corrected chi connectivity index (χ3v) is 5.38. The van der Waals surface area contributed by atoms with Crippen LogP contribution in [-0.2, 0) is 23.1 Å². The van der Waals surface area contributed by atoms with Crippen molar-refractivity contribution in [3.05, 3.63) is 44.1 Å². The average Bonchev–Trinajstić information content (AvgIpc) is 2.84. The van der Waals surface area contributed by atoms with Gasteiger partial charge in [-0.3, -0.25) is 0 Å². The minimum Gasteiger partial charge on any atom is -0.326 e. The number of nitrogens with two attached hydrogens (primary N) is 1. The predicted octanol–water partition coefficient (Wildman–Crippen LogP) is 2.29. The molecule has 1 heterocycles. The second-order valence-electron chi connectivity index (χ2n) is 4.26. The molecule has 0 radical (unpaired) electrons. The van der Waals surface area contributed by atoms with Gasteiger partial charge in [-0.15, -0.1) is 11.3 Å². The molecule has 0 fully saturated rings. The van der Waals surface area contributed by atoms with E-state index >= 15 is 0 Å². The summed E-state index contributed by atoms with van der Waals surface area (Å²) in [4.78, 5) is 3.72. The van der Waals surface area contributed by atoms with Gasteiger partial charge in [0.15, 0.2) is 0 Å². The van der Waals surface area contributed by atoms with E-state index in [1.807, 2.05) is 6.92 Å². The van der Waals surface area contributed by atoms with E-state index in [0.717, 1.165) is 5.01 Å². The second-order valence-corrected chi connectivity index (χ2v) is 7.98. The molecule has 0 aliphatic carbocycles. The number of hydrogen-bond acceptors (Lipinski definition) is 5. The van der Waals surface area contributed by atoms with Crippen LogP contribution in [0.3, 0.4) is 0 Å². The molecule has 0 saturated carbocycles. The predicted molar refractivity (Wildman–Crippen MR) is 82.9 cm³/mol. The number of halogens is 2. The van der Waals surface area contributed by atoms with Crippen LogP contribution in [0.5, 0.6) is 0 Å². The molecule has 0 atom stereocenters. The molecule has 5 nitrogen and oxygen atoms in total. The first-order valence-electron chi connectivity index (χ1n) is 5.92. The van der Waals surface area contributed by atoms with Crippen LogP contribution in [0.1, 0.15) is 16.3 Å². The molecule has 0 spiro atoms. The number of rotatable bonds is 5. The van der Waals surface area contributed by atoms with Crippen LogP contribution < -0.4 is 10.5 Å². The lowest BCUT2D eigenvalue weighted by Gasteiger charge is -2.10. The first kappa shape index (κ1) is 16.5. The summed E-state index contributed by atoms with van der Waals surface area (Å²) in [6.45, 7) is 1.75. The molecule has 1 aromatic carbocycles. The van der Waals surface area contributed by atoms with Gasteiger partial charge >= 0.3 is 0 Å². The standard InChI is InChI=1S/C12H13BrFN3O2S2/c1-7-17-10(6-20-7)5-16-21(18,19)11-3-9(13)2-8(4-15)12(11)14/h2-3,6,16H,4-5,15H2,1H3. The largest absolute Gasteiger partial charge is 0.326 e. The van der Waals surface area contributed by atoms with Gasteiger partial charge in [-0.05, 0) is 19.1 Å². The number of thiazole rings is 1. The molecule has 0 bridgehead atoms. The van der Waals surface area contributed by atoms with Crippen molar-refractivity contribution in [2.45, 2.75) is 24.9 Å². The monoisotopic (exact) mass is 393 g/mol. The molecule has 0 unspecified atom stereocenters. The Bertz CT molecular complexity index is 762. The second kappa shape index (κ2) is 6.49. The van der Waals surface area contributed by atoms with Crippen LogP contribution in [0.25, 0.3) is 0 Å². The van der Waals surface area contributed by atoms with Gasteiger partial charge in [0, 0.05) is 22.0 Å². The molecular weight excluding hydrogens is 381 g/mol. The third-order valence-electron chi connectivity index (χ3n) is 2.70. The molecule has 0 amide bonds. The van der Waals surface area contributed by atoms with Crippen LogP contribution in [0.4, 0.5) is 4.39 Å². The maximum atomic E-state index is 14.1. The summed E-state index contributed by atoms with van der Waals surface area (Å²) >= 11 is 4.57. The topological polar surface area (TPSA) is 85.1 Å². The Balaban J connectivity index is 2.29. The van der Waals surface area contributed by atoms with Crippen LogP contribution >= 0.6 is 27.3 Å². The summed E-state index contributed by atoms with van der Waals surface area (Å²) in [5.41, 5.74) is 6.14. The van der Waals surface area contributed by atoms with E-state index in [-0.39, 0.29) is 18.7 Å². The molecule has 0 saturated heterocycles. The quantitative estimate of drug-likeness (QED) is 0.815. The maximum Gasteiger partial charge on any atom is 0.243 e. The molecule has 0 aliphatic rings. The third kappa shape index (κ3) is 3.86. The van der Waals surface area contributed by atoms with Gasteiger partial charge in [-0.25, -0.2) is 22.5 Å². The molecule has 21 heavy (non-hydrogen) atoms. The number of nitrogens with one attached hydrogen (secondary N) is 1. The minimum absolute atomic E-state index is 0.0105. The van der Waals surface area contributed by atoms with Gasteiger partial charge in [-0.1, -0.05) is 15.9 Å². The van der Waals surface area contributed by atoms with Crippen LogP contribution in [0.15, 0.2) is 26.9 Å². The van der Waals surface area contributed by atoms with Gasteiger partial charge in [0.1, 0.15) is 10.7 Å². The molecule has 2 aromatic rings. The van der Waals surface area contributed by atoms with Crippen molar-refractivity contribution in [1.82, 2.24) is 9.71 Å². The lowest BCUT2D eigenvalue weighted by molar-refractivity contribution is 0.549. The number of aryl methyl sites for hydroxylation is 1. The first-order chi connectivity index (χ1) is 9.83. The fourth-order valence-electron chi connectivity index (χ4n) is 1.70. The van der Waals surface area contributed by atoms with E-state index in [9.17, 15) is 12.8 Å². The smallest absolute Gasteiger partial charge is 0.243 e. The Morgan fingerprint density at radius 1 is 1.48 bits per heavy atom. The summed E-state index contributed by atoms with van der Waals surface area (Å²) in [6, 6.07) is 2.67. The lowest BCUT2D eigenvalue weighted by atomic mass is 10.2.